The van der Waals surface area contributed by atoms with E-state index in [1.54, 1.807) is 6.92 Å². The van der Waals surface area contributed by atoms with Crippen LogP contribution in [0.2, 0.25) is 10.0 Å². The van der Waals surface area contributed by atoms with E-state index in [1.807, 2.05) is 0 Å². The summed E-state index contributed by atoms with van der Waals surface area (Å²) in [5, 5.41) is 0.0965. The second-order valence-corrected chi connectivity index (χ2v) is 6.36. The van der Waals surface area contributed by atoms with Gasteiger partial charge in [0.15, 0.2) is 11.6 Å². The number of ketones is 1. The molecule has 0 saturated heterocycles. The number of carbonyl (C=O) groups is 1. The van der Waals surface area contributed by atoms with Gasteiger partial charge in [-0.3, -0.25) is 4.79 Å². The number of halogens is 3. The first-order valence-corrected chi connectivity index (χ1v) is 8.25. The van der Waals surface area contributed by atoms with Gasteiger partial charge >= 0.3 is 0 Å². The first-order valence-electron chi connectivity index (χ1n) is 7.50. The second kappa shape index (κ2) is 8.49. The lowest BCUT2D eigenvalue weighted by atomic mass is 10.1. The van der Waals surface area contributed by atoms with Crippen LogP contribution >= 0.6 is 23.2 Å². The van der Waals surface area contributed by atoms with Crippen LogP contribution in [0.3, 0.4) is 0 Å². The van der Waals surface area contributed by atoms with Crippen molar-refractivity contribution in [3.05, 3.63) is 51.9 Å². The maximum atomic E-state index is 14.6. The fourth-order valence-corrected chi connectivity index (χ4v) is 2.60. The summed E-state index contributed by atoms with van der Waals surface area (Å²) < 4.78 is 24.8. The number of Topliss-reactive ketones (excluding diaryl/α,β-unsaturated/α-hetero) is 1. The molecule has 5 nitrogen and oxygen atoms in total. The highest BCUT2D eigenvalue weighted by Gasteiger charge is 2.21. The van der Waals surface area contributed by atoms with Crippen LogP contribution in [0.4, 0.5) is 10.1 Å². The molecule has 2 N–H and O–H groups in total. The zero-order valence-electron chi connectivity index (χ0n) is 14.2. The zero-order valence-corrected chi connectivity index (χ0v) is 15.7. The molecule has 1 heterocycles. The zero-order chi connectivity index (χ0) is 19.4. The summed E-state index contributed by atoms with van der Waals surface area (Å²) in [4.78, 5) is 16.5. The van der Waals surface area contributed by atoms with E-state index < -0.39 is 11.6 Å². The van der Waals surface area contributed by atoms with Gasteiger partial charge in [0, 0.05) is 5.56 Å². The van der Waals surface area contributed by atoms with Crippen LogP contribution in [0.25, 0.3) is 11.3 Å². The molecule has 1 aromatic carbocycles. The third kappa shape index (κ3) is 4.33. The number of hydrogen-bond donors (Lipinski definition) is 1. The van der Waals surface area contributed by atoms with Gasteiger partial charge in [-0.25, -0.2) is 9.37 Å². The first kappa shape index (κ1) is 20.2. The number of ether oxygens (including phenoxy) is 2. The Labute approximate surface area is 160 Å². The molecule has 2 aromatic rings. The molecule has 0 atom stereocenters. The molecule has 0 unspecified atom stereocenters. The normalized spacial score (nSPS) is 10.7. The van der Waals surface area contributed by atoms with Crippen LogP contribution in [-0.4, -0.2) is 31.1 Å². The third-order valence-electron chi connectivity index (χ3n) is 3.36. The Morgan fingerprint density at radius 2 is 2.04 bits per heavy atom. The molecule has 2 rings (SSSR count). The molecule has 0 bridgehead atoms. The average molecular weight is 399 g/mol. The number of rotatable bonds is 7. The van der Waals surface area contributed by atoms with Crippen LogP contribution in [0.15, 0.2) is 30.4 Å². The van der Waals surface area contributed by atoms with Gasteiger partial charge in [-0.15, -0.1) is 0 Å². The molecule has 138 valence electrons. The van der Waals surface area contributed by atoms with Crippen molar-refractivity contribution in [2.45, 2.75) is 6.92 Å². The molecule has 8 heteroatoms. The van der Waals surface area contributed by atoms with E-state index in [0.717, 1.165) is 5.57 Å². The lowest BCUT2D eigenvalue weighted by Gasteiger charge is -2.12. The van der Waals surface area contributed by atoms with Crippen molar-refractivity contribution in [1.82, 2.24) is 4.98 Å². The Morgan fingerprint density at radius 1 is 1.35 bits per heavy atom. The number of pyridine rings is 1. The van der Waals surface area contributed by atoms with E-state index in [4.69, 9.17) is 38.4 Å². The lowest BCUT2D eigenvalue weighted by Crippen LogP contribution is -2.14. The molecule has 0 radical (unpaired) electrons. The standard InChI is InChI=1S/C18H17Cl2FN2O3/c1-9(2)7-26-8-14(24)17-15(20)12(22)6-13(23-17)10-4-5-11(19)18(25-3)16(10)21/h4-6H,1,7-8H2,2-3H3,(H2,22,23). The fourth-order valence-electron chi connectivity index (χ4n) is 2.18. The molecular weight excluding hydrogens is 382 g/mol. The quantitative estimate of drug-likeness (QED) is 0.546. The maximum Gasteiger partial charge on any atom is 0.208 e. The van der Waals surface area contributed by atoms with Crippen LogP contribution in [-0.2, 0) is 4.74 Å². The Morgan fingerprint density at radius 3 is 2.65 bits per heavy atom. The summed E-state index contributed by atoms with van der Waals surface area (Å²) in [6, 6.07) is 4.25. The first-order chi connectivity index (χ1) is 12.3. The van der Waals surface area contributed by atoms with Crippen molar-refractivity contribution >= 4 is 34.7 Å². The highest BCUT2D eigenvalue weighted by Crippen LogP contribution is 2.36. The minimum Gasteiger partial charge on any atom is -0.492 e. The molecule has 26 heavy (non-hydrogen) atoms. The van der Waals surface area contributed by atoms with Gasteiger partial charge in [0.05, 0.1) is 35.1 Å². The SMILES string of the molecule is C=C(C)COCC(=O)c1nc(-c2ccc(Cl)c(OC)c2F)cc(N)c1Cl. The van der Waals surface area contributed by atoms with Gasteiger partial charge in [0.25, 0.3) is 0 Å². The fraction of sp³-hybridized carbons (Fsp3) is 0.222. The largest absolute Gasteiger partial charge is 0.492 e. The van der Waals surface area contributed by atoms with Crippen LogP contribution in [0.1, 0.15) is 17.4 Å². The predicted molar refractivity (Wildman–Crippen MR) is 101 cm³/mol. The highest BCUT2D eigenvalue weighted by atomic mass is 35.5. The van der Waals surface area contributed by atoms with E-state index in [1.165, 1.54) is 25.3 Å². The van der Waals surface area contributed by atoms with Crippen molar-refractivity contribution in [3.8, 4) is 17.0 Å². The molecule has 0 fully saturated rings. The third-order valence-corrected chi connectivity index (χ3v) is 4.06. The van der Waals surface area contributed by atoms with Crippen molar-refractivity contribution in [3.63, 3.8) is 0 Å². The van der Waals surface area contributed by atoms with E-state index in [0.29, 0.717) is 0 Å². The molecular formula is C18H17Cl2FN2O3. The number of hydrogen-bond acceptors (Lipinski definition) is 5. The van der Waals surface area contributed by atoms with E-state index in [-0.39, 0.29) is 51.6 Å². The number of carbonyl (C=O) groups excluding carboxylic acids is 1. The topological polar surface area (TPSA) is 74.4 Å². The second-order valence-electron chi connectivity index (χ2n) is 5.57. The highest BCUT2D eigenvalue weighted by molar-refractivity contribution is 6.36. The predicted octanol–water partition coefficient (Wildman–Crippen LogP) is 4.56. The summed E-state index contributed by atoms with van der Waals surface area (Å²) in [6.45, 7) is 5.42. The summed E-state index contributed by atoms with van der Waals surface area (Å²) in [7, 11) is 1.30. The Hall–Kier alpha value is -2.15. The summed E-state index contributed by atoms with van der Waals surface area (Å²) in [6.07, 6.45) is 0. The molecule has 0 aliphatic heterocycles. The number of aromatic nitrogens is 1. The number of nitrogen functional groups attached to an aromatic ring is 1. The average Bonchev–Trinajstić information content (AvgIpc) is 2.57. The molecule has 0 saturated carbocycles. The summed E-state index contributed by atoms with van der Waals surface area (Å²) in [5.74, 6) is -1.32. The van der Waals surface area contributed by atoms with Gasteiger partial charge in [-0.05, 0) is 25.1 Å². The molecule has 1 aromatic heterocycles. The van der Waals surface area contributed by atoms with Crippen molar-refractivity contribution in [1.29, 1.82) is 0 Å². The minimum atomic E-state index is -0.717. The molecule has 0 aliphatic carbocycles. The van der Waals surface area contributed by atoms with E-state index >= 15 is 0 Å². The monoisotopic (exact) mass is 398 g/mol. The van der Waals surface area contributed by atoms with Crippen molar-refractivity contribution < 1.29 is 18.7 Å². The van der Waals surface area contributed by atoms with Gasteiger partial charge in [0.2, 0.25) is 5.78 Å². The molecule has 0 spiro atoms. The maximum absolute atomic E-state index is 14.6. The number of anilines is 1. The van der Waals surface area contributed by atoms with E-state index in [9.17, 15) is 9.18 Å². The number of nitrogens with zero attached hydrogens (tertiary/aromatic N) is 1. The van der Waals surface area contributed by atoms with Gasteiger partial charge in [-0.2, -0.15) is 0 Å². The van der Waals surface area contributed by atoms with E-state index in [2.05, 4.69) is 11.6 Å². The Bertz CT molecular complexity index is 872. The van der Waals surface area contributed by atoms with Crippen molar-refractivity contribution in [2.24, 2.45) is 0 Å². The summed E-state index contributed by atoms with van der Waals surface area (Å²) >= 11 is 12.0. The molecule has 0 amide bonds. The Kier molecular flexibility index (Phi) is 6.58. The summed E-state index contributed by atoms with van der Waals surface area (Å²) in [5.41, 5.74) is 6.82. The molecule has 0 aliphatic rings. The minimum absolute atomic E-state index is 0.0148. The van der Waals surface area contributed by atoms with Gasteiger partial charge in [-0.1, -0.05) is 35.4 Å². The van der Waals surface area contributed by atoms with Crippen LogP contribution in [0.5, 0.6) is 5.75 Å². The van der Waals surface area contributed by atoms with Crippen molar-refractivity contribution in [2.75, 3.05) is 26.1 Å². The lowest BCUT2D eigenvalue weighted by molar-refractivity contribution is 0.0793. The smallest absolute Gasteiger partial charge is 0.208 e. The number of methoxy groups -OCH3 is 1. The number of nitrogens with two attached hydrogens (primary N) is 1. The van der Waals surface area contributed by atoms with Gasteiger partial charge in [0.1, 0.15) is 12.3 Å². The van der Waals surface area contributed by atoms with Gasteiger partial charge < -0.3 is 15.2 Å². The van der Waals surface area contributed by atoms with Crippen LogP contribution in [0, 0.1) is 5.82 Å². The number of benzene rings is 1. The Balaban J connectivity index is 2.45. The van der Waals surface area contributed by atoms with Crippen LogP contribution < -0.4 is 10.5 Å².